The smallest absolute Gasteiger partial charge is 0.331 e. The highest BCUT2D eigenvalue weighted by Gasteiger charge is 2.26. The van der Waals surface area contributed by atoms with Gasteiger partial charge < -0.3 is 33.2 Å². The molecule has 0 bridgehead atoms. The monoisotopic (exact) mass is 1100 g/mol. The maximum Gasteiger partial charge on any atom is 0.331 e. The van der Waals surface area contributed by atoms with E-state index in [0.717, 1.165) is 44.5 Å². The molecule has 0 spiro atoms. The number of aromatic nitrogens is 3. The molecule has 15 heteroatoms. The largest absolute Gasteiger partial charge is 0.424 e. The number of terminal acetylenes is 1. The number of hydrogen-bond donors (Lipinski definition) is 0. The number of nitrogens with zero attached hydrogens (tertiary/aromatic N) is 7. The Kier molecular flexibility index (Phi) is 18.3. The van der Waals surface area contributed by atoms with E-state index in [9.17, 15) is 4.79 Å². The Hall–Kier alpha value is -11.2. The van der Waals surface area contributed by atoms with Gasteiger partial charge in [-0.2, -0.15) is 4.99 Å². The molecule has 15 nitrogen and oxygen atoms in total. The average Bonchev–Trinajstić information content (AvgIpc) is 3.59. The average molecular weight is 1100 g/mol. The van der Waals surface area contributed by atoms with Gasteiger partial charge in [0.05, 0.1) is 5.69 Å². The third-order valence-corrected chi connectivity index (χ3v) is 14.3. The summed E-state index contributed by atoms with van der Waals surface area (Å²) in [7, 11) is 0. The van der Waals surface area contributed by atoms with Crippen LogP contribution in [0.2, 0.25) is 0 Å². The number of benzene rings is 8. The van der Waals surface area contributed by atoms with Gasteiger partial charge in [0.1, 0.15) is 46.4 Å². The van der Waals surface area contributed by atoms with Crippen molar-refractivity contribution in [2.45, 2.75) is 70.6 Å². The lowest BCUT2D eigenvalue weighted by Gasteiger charge is -2.26. The second-order valence-corrected chi connectivity index (χ2v) is 20.4. The lowest BCUT2D eigenvalue weighted by atomic mass is 9.78. The minimum Gasteiger partial charge on any atom is -0.424 e. The molecule has 8 aromatic carbocycles. The molecule has 0 aliphatic carbocycles. The van der Waals surface area contributed by atoms with E-state index in [0.29, 0.717) is 45.9 Å². The van der Waals surface area contributed by atoms with Crippen LogP contribution in [-0.2, 0) is 21.0 Å². The first-order valence-corrected chi connectivity index (χ1v) is 26.0. The molecular weight excluding hydrogens is 1040 g/mol. The normalized spacial score (nSPS) is 11.2. The minimum absolute atomic E-state index is 0.0446. The molecule has 410 valence electrons. The van der Waals surface area contributed by atoms with E-state index in [1.165, 1.54) is 0 Å². The van der Waals surface area contributed by atoms with Crippen LogP contribution in [0.1, 0.15) is 98.9 Å². The highest BCUT2D eigenvalue weighted by molar-refractivity contribution is 5.52. The van der Waals surface area contributed by atoms with Gasteiger partial charge in [-0.1, -0.05) is 152 Å². The first-order chi connectivity index (χ1) is 40.0. The molecule has 1 atom stereocenters. The maximum absolute atomic E-state index is 10.7. The molecule has 9 aromatic rings. The quantitative estimate of drug-likeness (QED) is 0.0320. The van der Waals surface area contributed by atoms with Gasteiger partial charge in [0, 0.05) is 22.2 Å². The van der Waals surface area contributed by atoms with Crippen molar-refractivity contribution < 1.29 is 38.0 Å². The number of aliphatic imine (C=N–C) groups is 1. The molecule has 0 aliphatic heterocycles. The minimum atomic E-state index is -0.373. The third kappa shape index (κ3) is 14.5. The predicted molar refractivity (Wildman–Crippen MR) is 311 cm³/mol. The third-order valence-electron chi connectivity index (χ3n) is 14.3. The Balaban J connectivity index is 0.000000378. The standard InChI is InChI=1S/C51H42N6O6.C17H13NO2/c1-49(2,34-7-19-40(20-8-34)54-33-58)37-13-25-43(26-14-37)61-46-55-47(62-44-27-15-38(16-28-44)50(3,4)35-9-21-41(22-10-35)59-31-52)57-48(56-46)63-45-29-17-39(18-30-45)51(5,6)36-11-23-42(24-12-36)60-32-53;1-3-19-16-8-4-14(5-9-16)13(2)15-6-10-17(11-7-15)20-12-18/h7-30H,1-6H3;1,4-11,13H,2H3. The summed E-state index contributed by atoms with van der Waals surface area (Å²) in [6.45, 7) is 14.8. The van der Waals surface area contributed by atoms with Crippen LogP contribution in [0.3, 0.4) is 0 Å². The lowest BCUT2D eigenvalue weighted by Crippen LogP contribution is -2.18. The fraction of sp³-hybridized carbons (Fsp3) is 0.162. The molecule has 0 N–H and O–H groups in total. The summed E-state index contributed by atoms with van der Waals surface area (Å²) >= 11 is 0. The van der Waals surface area contributed by atoms with Gasteiger partial charge in [0.25, 0.3) is 18.8 Å². The zero-order valence-corrected chi connectivity index (χ0v) is 46.5. The highest BCUT2D eigenvalue weighted by atomic mass is 16.5. The summed E-state index contributed by atoms with van der Waals surface area (Å²) < 4.78 is 38.2. The number of nitriles is 3. The summed E-state index contributed by atoms with van der Waals surface area (Å²) in [6.07, 6.45) is 13.9. The van der Waals surface area contributed by atoms with E-state index in [-0.39, 0.29) is 40.2 Å². The van der Waals surface area contributed by atoms with Crippen LogP contribution < -0.4 is 33.2 Å². The first kappa shape index (κ1) is 57.9. The van der Waals surface area contributed by atoms with Crippen molar-refractivity contribution in [2.24, 2.45) is 4.99 Å². The SMILES string of the molecule is C#COc1ccc(C(C)c2ccc(OC#N)cc2)cc1.CC(C)(c1ccc(N=C=O)cc1)c1ccc(Oc2nc(Oc3ccc(C(C)(C)c4ccc(OC#N)cc4)cc3)nc(Oc3ccc(C(C)(C)c4ccc(OC#N)cc4)cc3)n2)cc1. The van der Waals surface area contributed by atoms with Crippen LogP contribution in [0.4, 0.5) is 5.69 Å². The van der Waals surface area contributed by atoms with Gasteiger partial charge in [-0.05, 0) is 142 Å². The lowest BCUT2D eigenvalue weighted by molar-refractivity contribution is 0.362. The van der Waals surface area contributed by atoms with Gasteiger partial charge >= 0.3 is 18.0 Å². The molecule has 0 fully saturated rings. The maximum atomic E-state index is 10.7. The molecule has 0 saturated carbocycles. The summed E-state index contributed by atoms with van der Waals surface area (Å²) in [5, 5.41) is 26.2. The Labute approximate surface area is 482 Å². The van der Waals surface area contributed by atoms with Crippen molar-refractivity contribution in [1.29, 1.82) is 15.8 Å². The van der Waals surface area contributed by atoms with Crippen molar-refractivity contribution in [3.63, 3.8) is 0 Å². The van der Waals surface area contributed by atoms with Crippen LogP contribution in [-0.4, -0.2) is 21.0 Å². The van der Waals surface area contributed by atoms with E-state index in [4.69, 9.17) is 55.4 Å². The van der Waals surface area contributed by atoms with Crippen LogP contribution in [0.25, 0.3) is 0 Å². The second-order valence-electron chi connectivity index (χ2n) is 20.4. The van der Waals surface area contributed by atoms with Gasteiger partial charge in [-0.25, -0.2) is 4.79 Å². The van der Waals surface area contributed by atoms with E-state index in [2.05, 4.69) is 74.5 Å². The number of rotatable bonds is 19. The summed E-state index contributed by atoms with van der Waals surface area (Å²) in [5.74, 6) is 3.81. The van der Waals surface area contributed by atoms with Crippen LogP contribution in [0.5, 0.6) is 58.3 Å². The van der Waals surface area contributed by atoms with E-state index in [1.54, 1.807) is 73.4 Å². The summed E-state index contributed by atoms with van der Waals surface area (Å²) in [4.78, 5) is 27.9. The zero-order valence-electron chi connectivity index (χ0n) is 46.5. The molecular formula is C68H55N7O8. The Morgan fingerprint density at radius 2 is 0.627 bits per heavy atom. The van der Waals surface area contributed by atoms with Crippen LogP contribution in [0.15, 0.2) is 199 Å². The zero-order chi connectivity index (χ0) is 59.0. The number of hydrogen-bond acceptors (Lipinski definition) is 15. The van der Waals surface area contributed by atoms with Gasteiger partial charge in [-0.3, -0.25) is 0 Å². The number of isocyanates is 1. The van der Waals surface area contributed by atoms with E-state index < -0.39 is 0 Å². The molecule has 0 radical (unpaired) electrons. The number of ether oxygens (including phenoxy) is 7. The molecule has 1 heterocycles. The van der Waals surface area contributed by atoms with Crippen LogP contribution in [0, 0.1) is 47.1 Å². The van der Waals surface area contributed by atoms with Crippen LogP contribution >= 0.6 is 0 Å². The van der Waals surface area contributed by atoms with Crippen molar-refractivity contribution >= 4 is 11.8 Å². The molecule has 0 saturated heterocycles. The Morgan fingerprint density at radius 3 is 0.880 bits per heavy atom. The molecule has 1 aromatic heterocycles. The van der Waals surface area contributed by atoms with Crippen molar-refractivity contribution in [3.05, 3.63) is 239 Å². The molecule has 83 heavy (non-hydrogen) atoms. The Bertz CT molecular complexity index is 3680. The Morgan fingerprint density at radius 1 is 0.386 bits per heavy atom. The van der Waals surface area contributed by atoms with E-state index >= 15 is 0 Å². The predicted octanol–water partition coefficient (Wildman–Crippen LogP) is 15.6. The number of carbonyl (C=O) groups excluding carboxylic acids is 1. The van der Waals surface area contributed by atoms with Crippen molar-refractivity contribution in [1.82, 2.24) is 15.0 Å². The molecule has 1 unspecified atom stereocenters. The van der Waals surface area contributed by atoms with Gasteiger partial charge in [0.2, 0.25) is 6.08 Å². The molecule has 0 amide bonds. The second kappa shape index (κ2) is 26.2. The van der Waals surface area contributed by atoms with Crippen molar-refractivity contribution in [3.8, 4) is 89.6 Å². The van der Waals surface area contributed by atoms with E-state index in [1.807, 2.05) is 146 Å². The van der Waals surface area contributed by atoms with Gasteiger partial charge in [-0.15, -0.1) is 30.7 Å². The molecule has 9 rings (SSSR count). The van der Waals surface area contributed by atoms with Crippen molar-refractivity contribution in [2.75, 3.05) is 0 Å². The fourth-order valence-electron chi connectivity index (χ4n) is 9.04. The summed E-state index contributed by atoms with van der Waals surface area (Å²) in [5.41, 5.74) is 7.92. The first-order valence-electron chi connectivity index (χ1n) is 26.0. The fourth-order valence-corrected chi connectivity index (χ4v) is 9.04. The topological polar surface area (TPSA) is 204 Å². The highest BCUT2D eigenvalue weighted by Crippen LogP contribution is 2.38. The molecule has 0 aliphatic rings. The van der Waals surface area contributed by atoms with Gasteiger partial charge in [0.15, 0.2) is 0 Å². The summed E-state index contributed by atoms with van der Waals surface area (Å²) in [6, 6.07) is 60.1.